The summed E-state index contributed by atoms with van der Waals surface area (Å²) in [5.74, 6) is 1.10. The lowest BCUT2D eigenvalue weighted by Crippen LogP contribution is -1.97. The molecule has 0 unspecified atom stereocenters. The van der Waals surface area contributed by atoms with Crippen molar-refractivity contribution >= 4 is 17.6 Å². The lowest BCUT2D eigenvalue weighted by atomic mass is 10.4. The van der Waals surface area contributed by atoms with E-state index in [-0.39, 0.29) is 0 Å². The summed E-state index contributed by atoms with van der Waals surface area (Å²) < 4.78 is 4.60. The summed E-state index contributed by atoms with van der Waals surface area (Å²) >= 11 is 1.46. The molecule has 16 heavy (non-hydrogen) atoms. The molecule has 2 heterocycles. The lowest BCUT2D eigenvalue weighted by molar-refractivity contribution is 0.302. The number of thioether (sulfide) groups is 1. The van der Waals surface area contributed by atoms with Crippen molar-refractivity contribution in [2.75, 3.05) is 5.73 Å². The van der Waals surface area contributed by atoms with Gasteiger partial charge in [0.05, 0.1) is 0 Å². The van der Waals surface area contributed by atoms with Crippen LogP contribution in [0, 0.1) is 13.8 Å². The number of rotatable bonds is 3. The Balaban J connectivity index is 2.07. The van der Waals surface area contributed by atoms with Crippen LogP contribution < -0.4 is 5.73 Å². The second-order valence-corrected chi connectivity index (χ2v) is 4.24. The highest BCUT2D eigenvalue weighted by molar-refractivity contribution is 7.98. The van der Waals surface area contributed by atoms with Crippen molar-refractivity contribution in [2.24, 2.45) is 0 Å². The van der Waals surface area contributed by atoms with Crippen LogP contribution >= 0.6 is 11.8 Å². The fourth-order valence-electron chi connectivity index (χ4n) is 1.14. The molecule has 0 aliphatic rings. The third-order valence-corrected chi connectivity index (χ3v) is 2.80. The van der Waals surface area contributed by atoms with Crippen LogP contribution in [0.2, 0.25) is 0 Å². The molecule has 2 rings (SSSR count). The van der Waals surface area contributed by atoms with E-state index in [4.69, 9.17) is 5.73 Å². The summed E-state index contributed by atoms with van der Waals surface area (Å²) in [6.07, 6.45) is 0. The number of aromatic nitrogens is 4. The monoisotopic (exact) mass is 237 g/mol. The summed E-state index contributed by atoms with van der Waals surface area (Å²) in [5.41, 5.74) is 8.06. The minimum atomic E-state index is 0.477. The molecule has 0 fully saturated rings. The van der Waals surface area contributed by atoms with Crippen molar-refractivity contribution in [3.05, 3.63) is 23.1 Å². The number of hydrogen-bond acceptors (Lipinski definition) is 7. The van der Waals surface area contributed by atoms with Gasteiger partial charge in [0.2, 0.25) is 0 Å². The van der Waals surface area contributed by atoms with Gasteiger partial charge in [0.15, 0.2) is 5.16 Å². The van der Waals surface area contributed by atoms with Gasteiger partial charge in [0.25, 0.3) is 0 Å². The molecule has 84 valence electrons. The maximum Gasteiger partial charge on any atom is 0.190 e. The van der Waals surface area contributed by atoms with Gasteiger partial charge in [-0.1, -0.05) is 22.1 Å². The van der Waals surface area contributed by atoms with Crippen molar-refractivity contribution in [3.8, 4) is 0 Å². The largest absolute Gasteiger partial charge is 0.384 e. The normalized spacial score (nSPS) is 10.6. The van der Waals surface area contributed by atoms with Gasteiger partial charge >= 0.3 is 0 Å². The predicted molar refractivity (Wildman–Crippen MR) is 59.8 cm³/mol. The Morgan fingerprint density at radius 2 is 2.12 bits per heavy atom. The number of nitrogens with zero attached hydrogens (tertiary/aromatic N) is 4. The number of hydrogen-bond donors (Lipinski definition) is 1. The molecule has 0 spiro atoms. The van der Waals surface area contributed by atoms with E-state index >= 15 is 0 Å². The zero-order chi connectivity index (χ0) is 11.5. The zero-order valence-electron chi connectivity index (χ0n) is 8.97. The second kappa shape index (κ2) is 4.48. The van der Waals surface area contributed by atoms with Crippen molar-refractivity contribution in [1.82, 2.24) is 20.3 Å². The Kier molecular flexibility index (Phi) is 3.04. The smallest absolute Gasteiger partial charge is 0.190 e. The van der Waals surface area contributed by atoms with Crippen LogP contribution in [0.4, 0.5) is 5.82 Å². The van der Waals surface area contributed by atoms with E-state index in [0.29, 0.717) is 16.7 Å². The molecule has 0 saturated heterocycles. The standard InChI is InChI=1S/C9H11N5OS/c1-5-3-8(10)12-9(11-5)16-4-7-6(2)13-15-14-7/h3H,4H2,1-2H3,(H2,10,11,12). The molecule has 0 aliphatic heterocycles. The van der Waals surface area contributed by atoms with Gasteiger partial charge in [-0.2, -0.15) is 0 Å². The fourth-order valence-corrected chi connectivity index (χ4v) is 2.05. The average molecular weight is 237 g/mol. The number of nitrogen functional groups attached to an aromatic ring is 1. The molecule has 2 N–H and O–H groups in total. The molecule has 0 aromatic carbocycles. The summed E-state index contributed by atoms with van der Waals surface area (Å²) in [4.78, 5) is 8.37. The van der Waals surface area contributed by atoms with Gasteiger partial charge < -0.3 is 5.73 Å². The maximum atomic E-state index is 5.63. The summed E-state index contributed by atoms with van der Waals surface area (Å²) in [7, 11) is 0. The third-order valence-electron chi connectivity index (χ3n) is 1.94. The molecule has 0 amide bonds. The van der Waals surface area contributed by atoms with E-state index in [0.717, 1.165) is 17.1 Å². The molecule has 0 bridgehead atoms. The van der Waals surface area contributed by atoms with Gasteiger partial charge in [0, 0.05) is 17.5 Å². The Morgan fingerprint density at radius 1 is 1.31 bits per heavy atom. The van der Waals surface area contributed by atoms with Crippen molar-refractivity contribution in [2.45, 2.75) is 24.8 Å². The predicted octanol–water partition coefficient (Wildman–Crippen LogP) is 1.35. The van der Waals surface area contributed by atoms with Crippen LogP contribution in [-0.4, -0.2) is 20.3 Å². The van der Waals surface area contributed by atoms with Crippen LogP contribution in [0.5, 0.6) is 0 Å². The van der Waals surface area contributed by atoms with E-state index in [9.17, 15) is 0 Å². The topological polar surface area (TPSA) is 90.7 Å². The first-order valence-corrected chi connectivity index (χ1v) is 5.65. The SMILES string of the molecule is Cc1cc(N)nc(SCc2nonc2C)n1. The highest BCUT2D eigenvalue weighted by atomic mass is 32.2. The number of anilines is 1. The molecule has 0 radical (unpaired) electrons. The third kappa shape index (κ3) is 2.48. The summed E-state index contributed by atoms with van der Waals surface area (Å²) in [6, 6.07) is 1.73. The fraction of sp³-hybridized carbons (Fsp3) is 0.333. The molecule has 2 aromatic rings. The average Bonchev–Trinajstić information content (AvgIpc) is 2.59. The first kappa shape index (κ1) is 10.9. The zero-order valence-corrected chi connectivity index (χ0v) is 9.78. The van der Waals surface area contributed by atoms with Crippen LogP contribution in [0.3, 0.4) is 0 Å². The highest BCUT2D eigenvalue weighted by Crippen LogP contribution is 2.20. The summed E-state index contributed by atoms with van der Waals surface area (Å²) in [5, 5.41) is 8.12. The van der Waals surface area contributed by atoms with E-state index < -0.39 is 0 Å². The van der Waals surface area contributed by atoms with Crippen molar-refractivity contribution in [3.63, 3.8) is 0 Å². The molecule has 2 aromatic heterocycles. The first-order chi connectivity index (χ1) is 7.65. The minimum absolute atomic E-state index is 0.477. The first-order valence-electron chi connectivity index (χ1n) is 4.67. The van der Waals surface area contributed by atoms with Gasteiger partial charge in [-0.3, -0.25) is 0 Å². The van der Waals surface area contributed by atoms with E-state index in [2.05, 4.69) is 24.9 Å². The quantitative estimate of drug-likeness (QED) is 0.636. The van der Waals surface area contributed by atoms with Gasteiger partial charge in [-0.25, -0.2) is 14.6 Å². The molecular formula is C9H11N5OS. The van der Waals surface area contributed by atoms with Crippen molar-refractivity contribution in [1.29, 1.82) is 0 Å². The van der Waals surface area contributed by atoms with Gasteiger partial charge in [0.1, 0.15) is 17.2 Å². The number of aryl methyl sites for hydroxylation is 2. The number of nitrogens with two attached hydrogens (primary N) is 1. The highest BCUT2D eigenvalue weighted by Gasteiger charge is 2.07. The molecule has 0 saturated carbocycles. The van der Waals surface area contributed by atoms with Crippen LogP contribution in [0.25, 0.3) is 0 Å². The minimum Gasteiger partial charge on any atom is -0.384 e. The Hall–Kier alpha value is -1.63. The van der Waals surface area contributed by atoms with Gasteiger partial charge in [-0.05, 0) is 13.8 Å². The van der Waals surface area contributed by atoms with Crippen LogP contribution in [0.15, 0.2) is 15.9 Å². The van der Waals surface area contributed by atoms with E-state index in [1.807, 2.05) is 13.8 Å². The molecule has 7 heteroatoms. The molecular weight excluding hydrogens is 226 g/mol. The summed E-state index contributed by atoms with van der Waals surface area (Å²) in [6.45, 7) is 3.73. The lowest BCUT2D eigenvalue weighted by Gasteiger charge is -2.00. The maximum absolute atomic E-state index is 5.63. The van der Waals surface area contributed by atoms with Gasteiger partial charge in [-0.15, -0.1) is 0 Å². The molecule has 6 nitrogen and oxygen atoms in total. The Bertz CT molecular complexity index is 478. The second-order valence-electron chi connectivity index (χ2n) is 3.30. The van der Waals surface area contributed by atoms with Crippen molar-refractivity contribution < 1.29 is 4.63 Å². The van der Waals surface area contributed by atoms with Crippen LogP contribution in [0.1, 0.15) is 17.1 Å². The Labute approximate surface area is 96.6 Å². The van der Waals surface area contributed by atoms with E-state index in [1.54, 1.807) is 6.07 Å². The van der Waals surface area contributed by atoms with Crippen LogP contribution in [-0.2, 0) is 5.75 Å². The van der Waals surface area contributed by atoms with E-state index in [1.165, 1.54) is 11.8 Å². The Morgan fingerprint density at radius 3 is 2.75 bits per heavy atom. The molecule has 0 atom stereocenters. The molecule has 0 aliphatic carbocycles.